The maximum Gasteiger partial charge on any atom is 0.240 e. The zero-order chi connectivity index (χ0) is 23.3. The molecule has 4 aromatic rings. The number of rotatable bonds is 6. The summed E-state index contributed by atoms with van der Waals surface area (Å²) >= 11 is 1.38. The molecule has 2 aromatic carbocycles. The number of para-hydroxylation sites is 2. The first-order valence-corrected chi connectivity index (χ1v) is 12.4. The van der Waals surface area contributed by atoms with Gasteiger partial charge in [0.25, 0.3) is 0 Å². The van der Waals surface area contributed by atoms with Crippen LogP contribution >= 0.6 is 11.8 Å². The van der Waals surface area contributed by atoms with Crippen molar-refractivity contribution in [3.05, 3.63) is 78.1 Å². The Morgan fingerprint density at radius 2 is 1.24 bits per heavy atom. The highest BCUT2D eigenvalue weighted by atomic mass is 32.2. The maximum absolute atomic E-state index is 4.96. The van der Waals surface area contributed by atoms with E-state index < -0.39 is 0 Å². The predicted molar refractivity (Wildman–Crippen MR) is 136 cm³/mol. The van der Waals surface area contributed by atoms with Gasteiger partial charge >= 0.3 is 0 Å². The van der Waals surface area contributed by atoms with Crippen LogP contribution in [0.15, 0.2) is 77.0 Å². The van der Waals surface area contributed by atoms with E-state index in [1.165, 1.54) is 18.2 Å². The van der Waals surface area contributed by atoms with Gasteiger partial charge in [-0.05, 0) is 75.2 Å². The van der Waals surface area contributed by atoms with E-state index in [0.29, 0.717) is 22.2 Å². The molecule has 0 radical (unpaired) electrons. The van der Waals surface area contributed by atoms with Crippen LogP contribution in [0, 0.1) is 13.8 Å². The van der Waals surface area contributed by atoms with Gasteiger partial charge in [-0.15, -0.1) is 0 Å². The Labute approximate surface area is 204 Å². The van der Waals surface area contributed by atoms with Crippen molar-refractivity contribution in [1.82, 2.24) is 24.9 Å². The summed E-state index contributed by atoms with van der Waals surface area (Å²) in [5.41, 5.74) is 3.83. The molecule has 0 unspecified atom stereocenters. The quantitative estimate of drug-likeness (QED) is 0.324. The molecule has 34 heavy (non-hydrogen) atoms. The Morgan fingerprint density at radius 3 is 1.82 bits per heavy atom. The van der Waals surface area contributed by atoms with Gasteiger partial charge in [0, 0.05) is 35.9 Å². The summed E-state index contributed by atoms with van der Waals surface area (Å²) < 4.78 is 0. The summed E-state index contributed by atoms with van der Waals surface area (Å²) in [5.74, 6) is 1.29. The molecule has 0 amide bonds. The minimum atomic E-state index is 0.583. The molecule has 0 saturated carbocycles. The molecule has 3 heterocycles. The van der Waals surface area contributed by atoms with E-state index in [1.807, 2.05) is 56.3 Å². The lowest BCUT2D eigenvalue weighted by molar-refractivity contribution is 0.564. The van der Waals surface area contributed by atoms with E-state index in [9.17, 15) is 0 Å². The zero-order valence-electron chi connectivity index (χ0n) is 19.4. The number of piperidine rings is 1. The van der Waals surface area contributed by atoms with Crippen LogP contribution in [0.5, 0.6) is 0 Å². The number of anilines is 4. The molecule has 7 nitrogen and oxygen atoms in total. The summed E-state index contributed by atoms with van der Waals surface area (Å²) in [6.07, 6.45) is 3.53. The molecule has 0 N–H and O–H groups in total. The van der Waals surface area contributed by atoms with Gasteiger partial charge in [0.15, 0.2) is 5.16 Å². The molecular weight excluding hydrogens is 442 g/mol. The Morgan fingerprint density at radius 1 is 0.676 bits per heavy atom. The monoisotopic (exact) mass is 469 g/mol. The Hall–Kier alpha value is -3.52. The van der Waals surface area contributed by atoms with Gasteiger partial charge in [-0.25, -0.2) is 9.97 Å². The molecule has 5 rings (SSSR count). The molecule has 8 heteroatoms. The van der Waals surface area contributed by atoms with Crippen LogP contribution < -0.4 is 9.80 Å². The van der Waals surface area contributed by atoms with Gasteiger partial charge in [-0.1, -0.05) is 36.4 Å². The first-order chi connectivity index (χ1) is 16.7. The third-order valence-electron chi connectivity index (χ3n) is 5.60. The maximum atomic E-state index is 4.96. The van der Waals surface area contributed by atoms with Crippen molar-refractivity contribution in [3.8, 4) is 0 Å². The number of hydrogen-bond acceptors (Lipinski definition) is 8. The number of aryl methyl sites for hydroxylation is 2. The lowest BCUT2D eigenvalue weighted by Gasteiger charge is -2.28. The van der Waals surface area contributed by atoms with Crippen molar-refractivity contribution < 1.29 is 0 Å². The van der Waals surface area contributed by atoms with Crippen LogP contribution in [0.3, 0.4) is 0 Å². The average Bonchev–Trinajstić information content (AvgIpc) is 2.85. The van der Waals surface area contributed by atoms with Crippen molar-refractivity contribution in [2.75, 3.05) is 22.9 Å². The van der Waals surface area contributed by atoms with Crippen LogP contribution in [0.25, 0.3) is 0 Å². The number of benzene rings is 2. The molecule has 1 aliphatic rings. The SMILES string of the molecule is Cc1cc(C)nc(Sc2nc(N3CCCCC3)nc(N(c3ccccc3)c3ccccc3)n2)n1. The molecule has 0 spiro atoms. The average molecular weight is 470 g/mol. The number of hydrogen-bond donors (Lipinski definition) is 0. The first kappa shape index (κ1) is 22.3. The van der Waals surface area contributed by atoms with E-state index in [2.05, 4.69) is 44.0 Å². The van der Waals surface area contributed by atoms with Gasteiger partial charge in [-0.2, -0.15) is 15.0 Å². The highest BCUT2D eigenvalue weighted by Crippen LogP contribution is 2.34. The Bertz CT molecular complexity index is 1180. The fourth-order valence-corrected chi connectivity index (χ4v) is 4.87. The lowest BCUT2D eigenvalue weighted by atomic mass is 10.1. The Kier molecular flexibility index (Phi) is 6.67. The molecule has 0 atom stereocenters. The molecule has 1 aliphatic heterocycles. The second-order valence-corrected chi connectivity index (χ2v) is 9.24. The fourth-order valence-electron chi connectivity index (χ4n) is 4.07. The molecule has 0 bridgehead atoms. The van der Waals surface area contributed by atoms with Crippen LogP contribution in [0.1, 0.15) is 30.7 Å². The first-order valence-electron chi connectivity index (χ1n) is 11.6. The molecular formula is C26H27N7S. The molecule has 2 aromatic heterocycles. The summed E-state index contributed by atoms with van der Waals surface area (Å²) in [6.45, 7) is 5.85. The van der Waals surface area contributed by atoms with Crippen LogP contribution in [0.4, 0.5) is 23.3 Å². The Balaban J connectivity index is 1.62. The third-order valence-corrected chi connectivity index (χ3v) is 6.33. The van der Waals surface area contributed by atoms with Crippen LogP contribution in [0.2, 0.25) is 0 Å². The highest BCUT2D eigenvalue weighted by Gasteiger charge is 2.22. The largest absolute Gasteiger partial charge is 0.341 e. The topological polar surface area (TPSA) is 70.9 Å². The standard InChI is InChI=1S/C26H27N7S/c1-19-18-20(2)28-25(27-19)34-26-30-23(32-16-10-5-11-17-32)29-24(31-26)33(21-12-6-3-7-13-21)22-14-8-4-9-15-22/h3-4,6-9,12-15,18H,5,10-11,16-17H2,1-2H3. The summed E-state index contributed by atoms with van der Waals surface area (Å²) in [6, 6.07) is 22.4. The lowest BCUT2D eigenvalue weighted by Crippen LogP contribution is -2.31. The van der Waals surface area contributed by atoms with E-state index in [0.717, 1.165) is 48.7 Å². The second kappa shape index (κ2) is 10.2. The molecule has 1 saturated heterocycles. The van der Waals surface area contributed by atoms with Gasteiger partial charge in [0.05, 0.1) is 0 Å². The van der Waals surface area contributed by atoms with E-state index >= 15 is 0 Å². The number of nitrogens with zero attached hydrogens (tertiary/aromatic N) is 7. The van der Waals surface area contributed by atoms with E-state index in [1.54, 1.807) is 0 Å². The number of aromatic nitrogens is 5. The smallest absolute Gasteiger partial charge is 0.240 e. The van der Waals surface area contributed by atoms with E-state index in [4.69, 9.17) is 15.0 Å². The zero-order valence-corrected chi connectivity index (χ0v) is 20.2. The second-order valence-electron chi connectivity index (χ2n) is 8.31. The van der Waals surface area contributed by atoms with Crippen LogP contribution in [-0.4, -0.2) is 38.0 Å². The molecule has 1 fully saturated rings. The third kappa shape index (κ3) is 5.17. The van der Waals surface area contributed by atoms with E-state index in [-0.39, 0.29) is 0 Å². The molecule has 172 valence electrons. The summed E-state index contributed by atoms with van der Waals surface area (Å²) in [5, 5.41) is 1.23. The summed E-state index contributed by atoms with van der Waals surface area (Å²) in [7, 11) is 0. The fraction of sp³-hybridized carbons (Fsp3) is 0.269. The van der Waals surface area contributed by atoms with Crippen molar-refractivity contribution in [2.45, 2.75) is 43.4 Å². The van der Waals surface area contributed by atoms with Gasteiger partial charge < -0.3 is 4.90 Å². The van der Waals surface area contributed by atoms with Crippen LogP contribution in [-0.2, 0) is 0 Å². The summed E-state index contributed by atoms with van der Waals surface area (Å²) in [4.78, 5) is 28.2. The van der Waals surface area contributed by atoms with Gasteiger partial charge in [0.1, 0.15) is 0 Å². The van der Waals surface area contributed by atoms with Crippen molar-refractivity contribution in [2.24, 2.45) is 0 Å². The predicted octanol–water partition coefficient (Wildman–Crippen LogP) is 5.89. The van der Waals surface area contributed by atoms with Crippen molar-refractivity contribution >= 4 is 35.0 Å². The van der Waals surface area contributed by atoms with Gasteiger partial charge in [0.2, 0.25) is 17.1 Å². The van der Waals surface area contributed by atoms with Gasteiger partial charge in [-0.3, -0.25) is 4.90 Å². The minimum absolute atomic E-state index is 0.583. The molecule has 0 aliphatic carbocycles. The minimum Gasteiger partial charge on any atom is -0.341 e. The normalized spacial score (nSPS) is 13.6. The highest BCUT2D eigenvalue weighted by molar-refractivity contribution is 7.99. The van der Waals surface area contributed by atoms with Crippen molar-refractivity contribution in [1.29, 1.82) is 0 Å². The van der Waals surface area contributed by atoms with Crippen molar-refractivity contribution in [3.63, 3.8) is 0 Å².